The van der Waals surface area contributed by atoms with Crippen LogP contribution in [0.25, 0.3) is 0 Å². The third-order valence-corrected chi connectivity index (χ3v) is 7.19. The van der Waals surface area contributed by atoms with Crippen molar-refractivity contribution < 1.29 is 31.6 Å². The maximum absolute atomic E-state index is 10.6. The molecule has 0 saturated heterocycles. The standard InChI is InChI=1S/C11H27NO6SSi/c1-6-11(12-8-7-9-19(13,14)15)20(16-4,17-5)18-10(2)3/h10-12H,6-9H2,1-5H3,(H,13,14,15). The normalized spacial score (nSPS) is 14.8. The largest absolute Gasteiger partial charge is 0.748 e. The zero-order valence-electron chi connectivity index (χ0n) is 12.9. The average molecular weight is 329 g/mol. The van der Waals surface area contributed by atoms with E-state index in [4.69, 9.17) is 13.3 Å². The lowest BCUT2D eigenvalue weighted by Crippen LogP contribution is -2.96. The fraction of sp³-hybridized carbons (Fsp3) is 1.00. The van der Waals surface area contributed by atoms with Gasteiger partial charge in [0, 0.05) is 38.9 Å². The van der Waals surface area contributed by atoms with E-state index in [-0.39, 0.29) is 17.5 Å². The molecule has 1 unspecified atom stereocenters. The maximum atomic E-state index is 10.6. The minimum atomic E-state index is -4.15. The highest BCUT2D eigenvalue weighted by Crippen LogP contribution is 2.15. The van der Waals surface area contributed by atoms with Gasteiger partial charge < -0.3 is 23.1 Å². The number of quaternary nitrogens is 1. The summed E-state index contributed by atoms with van der Waals surface area (Å²) < 4.78 is 48.6. The molecule has 0 aromatic carbocycles. The van der Waals surface area contributed by atoms with Crippen molar-refractivity contribution in [3.05, 3.63) is 0 Å². The van der Waals surface area contributed by atoms with E-state index >= 15 is 0 Å². The summed E-state index contributed by atoms with van der Waals surface area (Å²) >= 11 is 0. The Morgan fingerprint density at radius 2 is 1.80 bits per heavy atom. The first-order chi connectivity index (χ1) is 9.20. The highest BCUT2D eigenvalue weighted by atomic mass is 32.2. The molecule has 0 aliphatic carbocycles. The van der Waals surface area contributed by atoms with Crippen molar-refractivity contribution in [1.82, 2.24) is 0 Å². The van der Waals surface area contributed by atoms with Gasteiger partial charge in [-0.15, -0.1) is 0 Å². The Bertz CT molecular complexity index is 358. The Hall–Kier alpha value is -0.0331. The van der Waals surface area contributed by atoms with E-state index in [1.54, 1.807) is 14.2 Å². The summed E-state index contributed by atoms with van der Waals surface area (Å²) in [7, 11) is -3.83. The van der Waals surface area contributed by atoms with Crippen LogP contribution in [0.3, 0.4) is 0 Å². The van der Waals surface area contributed by atoms with Crippen molar-refractivity contribution in [1.29, 1.82) is 0 Å². The van der Waals surface area contributed by atoms with Crippen LogP contribution < -0.4 is 5.32 Å². The molecule has 7 nitrogen and oxygen atoms in total. The Balaban J connectivity index is 4.59. The maximum Gasteiger partial charge on any atom is 0.562 e. The minimum Gasteiger partial charge on any atom is -0.748 e. The third-order valence-electron chi connectivity index (χ3n) is 2.91. The van der Waals surface area contributed by atoms with Crippen LogP contribution in [0, 0.1) is 0 Å². The van der Waals surface area contributed by atoms with Crippen LogP contribution in [0.5, 0.6) is 0 Å². The van der Waals surface area contributed by atoms with Crippen molar-refractivity contribution in [3.8, 4) is 0 Å². The Labute approximate surface area is 123 Å². The predicted octanol–water partition coefficient (Wildman–Crippen LogP) is -0.540. The number of hydrogen-bond donors (Lipinski definition) is 1. The molecule has 0 radical (unpaired) electrons. The predicted molar refractivity (Wildman–Crippen MR) is 76.0 cm³/mol. The third kappa shape index (κ3) is 7.11. The van der Waals surface area contributed by atoms with Gasteiger partial charge in [0.2, 0.25) is 0 Å². The lowest BCUT2D eigenvalue weighted by Gasteiger charge is -2.32. The SMILES string of the molecule is CCC([NH2+]CCCS(=O)(=O)[O-])[Si](OC)(OC)OC(C)C. The molecule has 0 saturated carbocycles. The van der Waals surface area contributed by atoms with E-state index in [0.717, 1.165) is 6.42 Å². The number of hydrogen-bond acceptors (Lipinski definition) is 6. The zero-order chi connectivity index (χ0) is 15.8. The van der Waals surface area contributed by atoms with E-state index in [1.165, 1.54) is 0 Å². The van der Waals surface area contributed by atoms with E-state index in [2.05, 4.69) is 0 Å². The van der Waals surface area contributed by atoms with E-state index in [9.17, 15) is 13.0 Å². The second-order valence-corrected chi connectivity index (χ2v) is 9.36. The molecule has 0 rings (SSSR count). The van der Waals surface area contributed by atoms with Crippen LogP contribution >= 0.6 is 0 Å². The summed E-state index contributed by atoms with van der Waals surface area (Å²) in [5.41, 5.74) is -0.0192. The summed E-state index contributed by atoms with van der Waals surface area (Å²) in [6, 6.07) is 0. The van der Waals surface area contributed by atoms with Gasteiger partial charge in [0.25, 0.3) is 0 Å². The summed E-state index contributed by atoms with van der Waals surface area (Å²) in [5.74, 6) is -0.348. The van der Waals surface area contributed by atoms with Crippen molar-refractivity contribution in [2.75, 3.05) is 26.5 Å². The van der Waals surface area contributed by atoms with E-state index in [0.29, 0.717) is 13.0 Å². The molecule has 0 aromatic heterocycles. The Morgan fingerprint density at radius 1 is 1.25 bits per heavy atom. The molecule has 2 N–H and O–H groups in total. The summed E-state index contributed by atoms with van der Waals surface area (Å²) in [4.78, 5) is 0. The number of nitrogens with two attached hydrogens (primary N) is 1. The Morgan fingerprint density at radius 3 is 2.15 bits per heavy atom. The van der Waals surface area contributed by atoms with Crippen molar-refractivity contribution in [2.45, 2.75) is 45.4 Å². The second kappa shape index (κ2) is 9.08. The highest BCUT2D eigenvalue weighted by Gasteiger charge is 2.51. The van der Waals surface area contributed by atoms with Crippen LogP contribution in [0.2, 0.25) is 0 Å². The molecule has 122 valence electrons. The van der Waals surface area contributed by atoms with Crippen molar-refractivity contribution in [2.24, 2.45) is 0 Å². The lowest BCUT2D eigenvalue weighted by atomic mass is 10.4. The monoisotopic (exact) mass is 329 g/mol. The molecule has 0 fully saturated rings. The fourth-order valence-corrected chi connectivity index (χ4v) is 5.31. The van der Waals surface area contributed by atoms with E-state index in [1.807, 2.05) is 26.1 Å². The average Bonchev–Trinajstić information content (AvgIpc) is 2.35. The van der Waals surface area contributed by atoms with Crippen LogP contribution in [-0.4, -0.2) is 60.1 Å². The Kier molecular flexibility index (Phi) is 9.07. The topological polar surface area (TPSA) is 102 Å². The molecule has 9 heteroatoms. The molecule has 0 aliphatic rings. The molecule has 0 heterocycles. The van der Waals surface area contributed by atoms with Crippen LogP contribution in [0.1, 0.15) is 33.6 Å². The van der Waals surface area contributed by atoms with Gasteiger partial charge in [-0.25, -0.2) is 8.42 Å². The lowest BCUT2D eigenvalue weighted by molar-refractivity contribution is -0.677. The van der Waals surface area contributed by atoms with Gasteiger partial charge in [0.15, 0.2) is 5.67 Å². The molecule has 0 aliphatic heterocycles. The summed E-state index contributed by atoms with van der Waals surface area (Å²) in [6.07, 6.45) is 1.05. The molecule has 0 amide bonds. The first-order valence-electron chi connectivity index (χ1n) is 6.75. The van der Waals surface area contributed by atoms with E-state index < -0.39 is 18.9 Å². The molecule has 0 bridgehead atoms. The first kappa shape index (κ1) is 20.0. The van der Waals surface area contributed by atoms with Gasteiger partial charge in [0.05, 0.1) is 16.7 Å². The molecule has 1 atom stereocenters. The highest BCUT2D eigenvalue weighted by molar-refractivity contribution is 7.85. The van der Waals surface area contributed by atoms with Crippen LogP contribution in [0.15, 0.2) is 0 Å². The van der Waals surface area contributed by atoms with Gasteiger partial charge in [0.1, 0.15) is 0 Å². The molecule has 20 heavy (non-hydrogen) atoms. The fourth-order valence-electron chi connectivity index (χ4n) is 2.04. The van der Waals surface area contributed by atoms with Gasteiger partial charge in [-0.05, 0) is 13.8 Å². The van der Waals surface area contributed by atoms with Crippen LogP contribution in [0.4, 0.5) is 0 Å². The second-order valence-electron chi connectivity index (χ2n) is 4.83. The van der Waals surface area contributed by atoms with Crippen molar-refractivity contribution >= 4 is 18.9 Å². The number of rotatable bonds is 11. The molecule has 0 spiro atoms. The summed E-state index contributed by atoms with van der Waals surface area (Å²) in [6.45, 7) is 6.34. The van der Waals surface area contributed by atoms with Gasteiger partial charge in [-0.2, -0.15) is 0 Å². The summed E-state index contributed by atoms with van der Waals surface area (Å²) in [5, 5.41) is 1.95. The van der Waals surface area contributed by atoms with Gasteiger partial charge in [-0.3, -0.25) is 0 Å². The van der Waals surface area contributed by atoms with Crippen LogP contribution in [-0.2, 0) is 23.4 Å². The zero-order valence-corrected chi connectivity index (χ0v) is 14.7. The smallest absolute Gasteiger partial charge is 0.562 e. The molecular formula is C11H27NO6SSi. The van der Waals surface area contributed by atoms with Gasteiger partial charge >= 0.3 is 8.80 Å². The molecular weight excluding hydrogens is 302 g/mol. The minimum absolute atomic E-state index is 0.0192. The van der Waals surface area contributed by atoms with Gasteiger partial charge in [-0.1, -0.05) is 6.92 Å². The molecule has 0 aromatic rings. The van der Waals surface area contributed by atoms with Crippen molar-refractivity contribution in [3.63, 3.8) is 0 Å². The quantitative estimate of drug-likeness (QED) is 0.310. The first-order valence-corrected chi connectivity index (χ1v) is 10.1.